The topological polar surface area (TPSA) is 46.5 Å². The third-order valence-corrected chi connectivity index (χ3v) is 3.40. The summed E-state index contributed by atoms with van der Waals surface area (Å²) >= 11 is 11.9. The number of carboxylic acid groups (broad SMARTS) is 1. The first-order chi connectivity index (χ1) is 9.49. The van der Waals surface area contributed by atoms with Crippen LogP contribution in [0, 0.1) is 0 Å². The van der Waals surface area contributed by atoms with Gasteiger partial charge in [-0.1, -0.05) is 41.4 Å². The maximum Gasteiger partial charge on any atom is 0.310 e. The second-order valence-corrected chi connectivity index (χ2v) is 5.12. The first-order valence-electron chi connectivity index (χ1n) is 5.93. The van der Waals surface area contributed by atoms with Gasteiger partial charge in [0.05, 0.1) is 10.9 Å². The number of hydrogen-bond acceptors (Lipinski definition) is 2. The van der Waals surface area contributed by atoms with Crippen LogP contribution < -0.4 is 4.74 Å². The van der Waals surface area contributed by atoms with Gasteiger partial charge in [0.1, 0.15) is 11.5 Å². The predicted molar refractivity (Wildman–Crippen MR) is 79.0 cm³/mol. The monoisotopic (exact) mass is 310 g/mol. The van der Waals surface area contributed by atoms with Crippen molar-refractivity contribution in [3.8, 4) is 11.5 Å². The maximum absolute atomic E-state index is 11.1. The zero-order valence-electron chi connectivity index (χ0n) is 10.6. The average molecular weight is 311 g/mol. The van der Waals surface area contributed by atoms with E-state index in [2.05, 4.69) is 0 Å². The lowest BCUT2D eigenvalue weighted by atomic mass is 10.0. The second kappa shape index (κ2) is 6.16. The molecule has 0 saturated carbocycles. The highest BCUT2D eigenvalue weighted by atomic mass is 35.5. The summed E-state index contributed by atoms with van der Waals surface area (Å²) in [5.41, 5.74) is 0.589. The van der Waals surface area contributed by atoms with Crippen LogP contribution in [-0.2, 0) is 4.79 Å². The van der Waals surface area contributed by atoms with Crippen LogP contribution in [0.15, 0.2) is 42.5 Å². The summed E-state index contributed by atoms with van der Waals surface area (Å²) in [6.07, 6.45) is 0. The average Bonchev–Trinajstić information content (AvgIpc) is 2.41. The Bertz CT molecular complexity index is 641. The van der Waals surface area contributed by atoms with Crippen LogP contribution in [0.3, 0.4) is 0 Å². The zero-order valence-corrected chi connectivity index (χ0v) is 12.2. The van der Waals surface area contributed by atoms with Crippen LogP contribution >= 0.6 is 23.2 Å². The van der Waals surface area contributed by atoms with Crippen LogP contribution in [0.25, 0.3) is 0 Å². The number of carbonyl (C=O) groups is 1. The number of hydrogen-bond donors (Lipinski definition) is 1. The summed E-state index contributed by atoms with van der Waals surface area (Å²) in [7, 11) is 0. The van der Waals surface area contributed by atoms with Crippen LogP contribution in [0.1, 0.15) is 18.4 Å². The highest BCUT2D eigenvalue weighted by Gasteiger charge is 2.18. The Morgan fingerprint density at radius 1 is 1.15 bits per heavy atom. The first kappa shape index (κ1) is 14.7. The molecule has 0 saturated heterocycles. The molecule has 5 heteroatoms. The standard InChI is InChI=1S/C15H12Cl2O3/c1-9(15(18)19)11-4-2-3-5-13(11)20-14-7-6-10(16)8-12(14)17/h2-9H,1H3,(H,18,19)/t9-/m0/s1. The van der Waals surface area contributed by atoms with E-state index in [4.69, 9.17) is 33.0 Å². The number of para-hydroxylation sites is 1. The number of rotatable bonds is 4. The van der Waals surface area contributed by atoms with Gasteiger partial charge in [0.25, 0.3) is 0 Å². The Kier molecular flexibility index (Phi) is 4.53. The van der Waals surface area contributed by atoms with Gasteiger partial charge in [-0.05, 0) is 31.2 Å². The van der Waals surface area contributed by atoms with Gasteiger partial charge in [-0.25, -0.2) is 0 Å². The SMILES string of the molecule is C[C@H](C(=O)O)c1ccccc1Oc1ccc(Cl)cc1Cl. The molecular formula is C15H12Cl2O3. The molecule has 0 aliphatic rings. The van der Waals surface area contributed by atoms with E-state index in [1.165, 1.54) is 0 Å². The van der Waals surface area contributed by atoms with Crippen LogP contribution in [0.4, 0.5) is 0 Å². The molecule has 0 aromatic heterocycles. The fourth-order valence-electron chi connectivity index (χ4n) is 1.74. The molecule has 0 amide bonds. The molecule has 1 N–H and O–H groups in total. The van der Waals surface area contributed by atoms with E-state index in [0.29, 0.717) is 27.1 Å². The van der Waals surface area contributed by atoms with Gasteiger partial charge in [-0.3, -0.25) is 4.79 Å². The molecule has 2 aromatic carbocycles. The zero-order chi connectivity index (χ0) is 14.7. The summed E-state index contributed by atoms with van der Waals surface area (Å²) in [5, 5.41) is 10.00. The second-order valence-electron chi connectivity index (χ2n) is 4.27. The maximum atomic E-state index is 11.1. The molecule has 0 unspecified atom stereocenters. The smallest absolute Gasteiger partial charge is 0.310 e. The molecule has 0 spiro atoms. The van der Waals surface area contributed by atoms with E-state index in [0.717, 1.165) is 0 Å². The lowest BCUT2D eigenvalue weighted by Gasteiger charge is -2.14. The highest BCUT2D eigenvalue weighted by molar-refractivity contribution is 6.35. The summed E-state index contributed by atoms with van der Waals surface area (Å²) < 4.78 is 5.71. The van der Waals surface area contributed by atoms with Gasteiger partial charge in [-0.15, -0.1) is 0 Å². The van der Waals surface area contributed by atoms with E-state index in [1.807, 2.05) is 0 Å². The largest absolute Gasteiger partial charge is 0.481 e. The fourth-order valence-corrected chi connectivity index (χ4v) is 2.19. The van der Waals surface area contributed by atoms with E-state index in [9.17, 15) is 4.79 Å². The Labute approximate surface area is 126 Å². The first-order valence-corrected chi connectivity index (χ1v) is 6.69. The molecule has 0 heterocycles. The minimum atomic E-state index is -0.914. The van der Waals surface area contributed by atoms with Crippen molar-refractivity contribution in [2.75, 3.05) is 0 Å². The third kappa shape index (κ3) is 3.24. The van der Waals surface area contributed by atoms with Crippen LogP contribution in [0.2, 0.25) is 10.0 Å². The molecule has 20 heavy (non-hydrogen) atoms. The van der Waals surface area contributed by atoms with Crippen molar-refractivity contribution in [2.45, 2.75) is 12.8 Å². The number of benzene rings is 2. The summed E-state index contributed by atoms with van der Waals surface area (Å²) in [6, 6.07) is 11.8. The van der Waals surface area contributed by atoms with Gasteiger partial charge in [0, 0.05) is 10.6 Å². The summed E-state index contributed by atoms with van der Waals surface area (Å²) in [6.45, 7) is 1.61. The Morgan fingerprint density at radius 3 is 2.50 bits per heavy atom. The lowest BCUT2D eigenvalue weighted by molar-refractivity contribution is -0.138. The van der Waals surface area contributed by atoms with Crippen molar-refractivity contribution in [3.05, 3.63) is 58.1 Å². The molecular weight excluding hydrogens is 299 g/mol. The molecule has 0 radical (unpaired) electrons. The van der Waals surface area contributed by atoms with Crippen molar-refractivity contribution in [3.63, 3.8) is 0 Å². The highest BCUT2D eigenvalue weighted by Crippen LogP contribution is 2.35. The molecule has 2 rings (SSSR count). The van der Waals surface area contributed by atoms with Crippen molar-refractivity contribution in [1.82, 2.24) is 0 Å². The normalized spacial score (nSPS) is 11.9. The van der Waals surface area contributed by atoms with Gasteiger partial charge >= 0.3 is 5.97 Å². The van der Waals surface area contributed by atoms with Crippen LogP contribution in [-0.4, -0.2) is 11.1 Å². The number of aliphatic carboxylic acids is 1. The van der Waals surface area contributed by atoms with Gasteiger partial charge in [0.2, 0.25) is 0 Å². The predicted octanol–water partition coefficient (Wildman–Crippen LogP) is 4.97. The van der Waals surface area contributed by atoms with E-state index in [1.54, 1.807) is 49.4 Å². The Hall–Kier alpha value is -1.71. The number of ether oxygens (including phenoxy) is 1. The van der Waals surface area contributed by atoms with Crippen molar-refractivity contribution in [1.29, 1.82) is 0 Å². The van der Waals surface area contributed by atoms with Gasteiger partial charge in [0.15, 0.2) is 0 Å². The summed E-state index contributed by atoms with van der Waals surface area (Å²) in [5.74, 6) is -0.687. The van der Waals surface area contributed by atoms with Gasteiger partial charge < -0.3 is 9.84 Å². The molecule has 0 aliphatic carbocycles. The van der Waals surface area contributed by atoms with Crippen molar-refractivity contribution in [2.24, 2.45) is 0 Å². The molecule has 1 atom stereocenters. The molecule has 2 aromatic rings. The molecule has 104 valence electrons. The quantitative estimate of drug-likeness (QED) is 0.866. The molecule has 0 bridgehead atoms. The lowest BCUT2D eigenvalue weighted by Crippen LogP contribution is -2.08. The minimum absolute atomic E-state index is 0.371. The third-order valence-electron chi connectivity index (χ3n) is 2.87. The molecule has 0 aliphatic heterocycles. The molecule has 0 fully saturated rings. The number of carboxylic acids is 1. The Morgan fingerprint density at radius 2 is 1.85 bits per heavy atom. The minimum Gasteiger partial charge on any atom is -0.481 e. The van der Waals surface area contributed by atoms with E-state index in [-0.39, 0.29) is 0 Å². The fraction of sp³-hybridized carbons (Fsp3) is 0.133. The van der Waals surface area contributed by atoms with Gasteiger partial charge in [-0.2, -0.15) is 0 Å². The van der Waals surface area contributed by atoms with Crippen molar-refractivity contribution >= 4 is 29.2 Å². The summed E-state index contributed by atoms with van der Waals surface area (Å²) in [4.78, 5) is 11.1. The molecule has 3 nitrogen and oxygen atoms in total. The number of halogens is 2. The van der Waals surface area contributed by atoms with E-state index < -0.39 is 11.9 Å². The Balaban J connectivity index is 2.36. The van der Waals surface area contributed by atoms with E-state index >= 15 is 0 Å². The van der Waals surface area contributed by atoms with Crippen molar-refractivity contribution < 1.29 is 14.6 Å². The van der Waals surface area contributed by atoms with Crippen LogP contribution in [0.5, 0.6) is 11.5 Å².